The first-order valence-corrected chi connectivity index (χ1v) is 9.66. The van der Waals surface area contributed by atoms with Crippen LogP contribution in [0.25, 0.3) is 22.3 Å². The average Bonchev–Trinajstić information content (AvgIpc) is 2.74. The Morgan fingerprint density at radius 3 is 2.48 bits per heavy atom. The van der Waals surface area contributed by atoms with Crippen molar-refractivity contribution < 1.29 is 9.47 Å². The number of hydrogen-bond donors (Lipinski definition) is 1. The second kappa shape index (κ2) is 8.37. The van der Waals surface area contributed by atoms with Crippen molar-refractivity contribution in [3.63, 3.8) is 0 Å². The Morgan fingerprint density at radius 2 is 1.69 bits per heavy atom. The summed E-state index contributed by atoms with van der Waals surface area (Å²) < 4.78 is 11.7. The third kappa shape index (κ3) is 4.10. The van der Waals surface area contributed by atoms with E-state index in [-0.39, 0.29) is 5.56 Å². The molecule has 1 aromatic heterocycles. The number of hydrogen-bond acceptors (Lipinski definition) is 4. The van der Waals surface area contributed by atoms with Crippen LogP contribution in [0.2, 0.25) is 5.02 Å². The van der Waals surface area contributed by atoms with Crippen LogP contribution in [0, 0.1) is 0 Å². The molecule has 0 saturated carbocycles. The number of rotatable bonds is 6. The maximum Gasteiger partial charge on any atom is 0.259 e. The van der Waals surface area contributed by atoms with Gasteiger partial charge in [0.2, 0.25) is 0 Å². The molecule has 3 aromatic carbocycles. The second-order valence-corrected chi connectivity index (χ2v) is 6.82. The van der Waals surface area contributed by atoms with E-state index in [0.717, 1.165) is 5.56 Å². The molecule has 29 heavy (non-hydrogen) atoms. The van der Waals surface area contributed by atoms with Gasteiger partial charge in [0, 0.05) is 11.6 Å². The molecule has 1 heterocycles. The summed E-state index contributed by atoms with van der Waals surface area (Å²) in [5.41, 5.74) is 1.99. The number of benzene rings is 3. The molecule has 0 aliphatic carbocycles. The van der Waals surface area contributed by atoms with Gasteiger partial charge in [-0.3, -0.25) is 4.79 Å². The molecule has 4 rings (SSSR count). The number of fused-ring (bicyclic) bond motifs is 1. The highest BCUT2D eigenvalue weighted by molar-refractivity contribution is 6.33. The van der Waals surface area contributed by atoms with Crippen LogP contribution in [0.15, 0.2) is 71.5 Å². The lowest BCUT2D eigenvalue weighted by molar-refractivity contribution is 0.269. The molecule has 0 aliphatic rings. The lowest BCUT2D eigenvalue weighted by atomic mass is 10.1. The molecule has 0 radical (unpaired) electrons. The number of H-pyrrole nitrogens is 1. The summed E-state index contributed by atoms with van der Waals surface area (Å²) in [5, 5.41) is 0.940. The van der Waals surface area contributed by atoms with Gasteiger partial charge < -0.3 is 14.5 Å². The maximum absolute atomic E-state index is 12.4. The Labute approximate surface area is 172 Å². The fourth-order valence-electron chi connectivity index (χ4n) is 3.05. The van der Waals surface area contributed by atoms with Crippen LogP contribution in [0.3, 0.4) is 0 Å². The quantitative estimate of drug-likeness (QED) is 0.476. The van der Waals surface area contributed by atoms with E-state index in [1.54, 1.807) is 30.3 Å². The minimum atomic E-state index is -0.218. The summed E-state index contributed by atoms with van der Waals surface area (Å²) in [5.74, 6) is 1.46. The monoisotopic (exact) mass is 406 g/mol. The van der Waals surface area contributed by atoms with E-state index in [9.17, 15) is 4.79 Å². The van der Waals surface area contributed by atoms with E-state index in [0.29, 0.717) is 52.0 Å². The minimum absolute atomic E-state index is 0.218. The lowest BCUT2D eigenvalue weighted by Gasteiger charge is -2.15. The van der Waals surface area contributed by atoms with Crippen molar-refractivity contribution >= 4 is 22.5 Å². The molecule has 0 spiro atoms. The minimum Gasteiger partial charge on any atom is -0.490 e. The molecular formula is C23H19ClN2O3. The first-order valence-electron chi connectivity index (χ1n) is 9.28. The van der Waals surface area contributed by atoms with Gasteiger partial charge in [-0.05, 0) is 30.7 Å². The van der Waals surface area contributed by atoms with Crippen LogP contribution >= 0.6 is 11.6 Å². The topological polar surface area (TPSA) is 64.2 Å². The molecule has 0 unspecified atom stereocenters. The van der Waals surface area contributed by atoms with Gasteiger partial charge in [-0.1, -0.05) is 54.1 Å². The molecule has 146 valence electrons. The predicted molar refractivity (Wildman–Crippen MR) is 115 cm³/mol. The molecule has 0 aliphatic heterocycles. The van der Waals surface area contributed by atoms with Crippen molar-refractivity contribution in [2.75, 3.05) is 6.61 Å². The standard InChI is InChI=1S/C23H19ClN2O3/c1-2-28-20-12-17(22-25-19-11-7-6-10-16(19)23(27)26-22)18(24)13-21(20)29-14-15-8-4-3-5-9-15/h3-13H,2,14H2,1H3,(H,25,26,27). The molecular weight excluding hydrogens is 388 g/mol. The van der Waals surface area contributed by atoms with Crippen molar-refractivity contribution in [1.82, 2.24) is 9.97 Å². The summed E-state index contributed by atoms with van der Waals surface area (Å²) >= 11 is 6.52. The third-order valence-corrected chi connectivity index (χ3v) is 4.75. The molecule has 5 nitrogen and oxygen atoms in total. The van der Waals surface area contributed by atoms with Gasteiger partial charge in [-0.2, -0.15) is 0 Å². The first kappa shape index (κ1) is 19.0. The van der Waals surface area contributed by atoms with Crippen LogP contribution in [0.4, 0.5) is 0 Å². The fourth-order valence-corrected chi connectivity index (χ4v) is 3.29. The van der Waals surface area contributed by atoms with Crippen LogP contribution in [-0.2, 0) is 6.61 Å². The highest BCUT2D eigenvalue weighted by Crippen LogP contribution is 2.38. The van der Waals surface area contributed by atoms with Crippen molar-refractivity contribution in [3.05, 3.63) is 87.7 Å². The molecule has 0 atom stereocenters. The van der Waals surface area contributed by atoms with Gasteiger partial charge in [0.25, 0.3) is 5.56 Å². The van der Waals surface area contributed by atoms with Crippen molar-refractivity contribution in [1.29, 1.82) is 0 Å². The van der Waals surface area contributed by atoms with Crippen molar-refractivity contribution in [2.24, 2.45) is 0 Å². The van der Waals surface area contributed by atoms with Crippen LogP contribution in [0.5, 0.6) is 11.5 Å². The van der Waals surface area contributed by atoms with E-state index >= 15 is 0 Å². The summed E-state index contributed by atoms with van der Waals surface area (Å²) in [6.07, 6.45) is 0. The molecule has 1 N–H and O–H groups in total. The zero-order chi connectivity index (χ0) is 20.2. The molecule has 0 fully saturated rings. The largest absolute Gasteiger partial charge is 0.490 e. The van der Waals surface area contributed by atoms with Crippen LogP contribution in [-0.4, -0.2) is 16.6 Å². The summed E-state index contributed by atoms with van der Waals surface area (Å²) in [4.78, 5) is 19.8. The number of aromatic amines is 1. The lowest BCUT2D eigenvalue weighted by Crippen LogP contribution is -2.09. The normalized spacial score (nSPS) is 10.8. The number of halogens is 1. The Hall–Kier alpha value is -3.31. The third-order valence-electron chi connectivity index (χ3n) is 4.44. The Balaban J connectivity index is 1.73. The smallest absolute Gasteiger partial charge is 0.259 e. The average molecular weight is 407 g/mol. The van der Waals surface area contributed by atoms with Gasteiger partial charge in [0.15, 0.2) is 11.5 Å². The molecule has 6 heteroatoms. The van der Waals surface area contributed by atoms with Gasteiger partial charge in [-0.25, -0.2) is 4.98 Å². The fraction of sp³-hybridized carbons (Fsp3) is 0.130. The zero-order valence-corrected chi connectivity index (χ0v) is 16.6. The predicted octanol–water partition coefficient (Wildman–Crippen LogP) is 5.22. The number of ether oxygens (including phenoxy) is 2. The summed E-state index contributed by atoms with van der Waals surface area (Å²) in [6, 6.07) is 20.5. The Bertz CT molecular complexity index is 1210. The maximum atomic E-state index is 12.4. The van der Waals surface area contributed by atoms with Crippen LogP contribution in [0.1, 0.15) is 12.5 Å². The van der Waals surface area contributed by atoms with Gasteiger partial charge in [-0.15, -0.1) is 0 Å². The number of para-hydroxylation sites is 1. The Morgan fingerprint density at radius 1 is 0.966 bits per heavy atom. The number of nitrogens with zero attached hydrogens (tertiary/aromatic N) is 1. The molecule has 0 saturated heterocycles. The van der Waals surface area contributed by atoms with Crippen LogP contribution < -0.4 is 15.0 Å². The van der Waals surface area contributed by atoms with Gasteiger partial charge >= 0.3 is 0 Å². The molecule has 0 bridgehead atoms. The van der Waals surface area contributed by atoms with Gasteiger partial charge in [0.1, 0.15) is 12.4 Å². The molecule has 4 aromatic rings. The van der Waals surface area contributed by atoms with E-state index in [4.69, 9.17) is 21.1 Å². The highest BCUT2D eigenvalue weighted by Gasteiger charge is 2.15. The SMILES string of the molecule is CCOc1cc(-c2nc3ccccc3c(=O)[nH]2)c(Cl)cc1OCc1ccccc1. The van der Waals surface area contributed by atoms with E-state index in [1.807, 2.05) is 43.3 Å². The molecule has 0 amide bonds. The number of nitrogens with one attached hydrogen (secondary N) is 1. The van der Waals surface area contributed by atoms with Gasteiger partial charge in [0.05, 0.1) is 22.5 Å². The first-order chi connectivity index (χ1) is 14.2. The summed E-state index contributed by atoms with van der Waals surface area (Å²) in [7, 11) is 0. The highest BCUT2D eigenvalue weighted by atomic mass is 35.5. The van der Waals surface area contributed by atoms with E-state index in [2.05, 4.69) is 9.97 Å². The van der Waals surface area contributed by atoms with E-state index in [1.165, 1.54) is 0 Å². The number of aromatic nitrogens is 2. The summed E-state index contributed by atoms with van der Waals surface area (Å²) in [6.45, 7) is 2.75. The Kier molecular flexibility index (Phi) is 5.49. The van der Waals surface area contributed by atoms with Crippen molar-refractivity contribution in [3.8, 4) is 22.9 Å². The zero-order valence-electron chi connectivity index (χ0n) is 15.8. The second-order valence-electron chi connectivity index (χ2n) is 6.42. The van der Waals surface area contributed by atoms with Crippen molar-refractivity contribution in [2.45, 2.75) is 13.5 Å². The van der Waals surface area contributed by atoms with E-state index < -0.39 is 0 Å².